The third-order valence-corrected chi connectivity index (χ3v) is 4.35. The molecule has 90 valence electrons. The molecule has 2 heterocycles. The maximum atomic E-state index is 6.01. The summed E-state index contributed by atoms with van der Waals surface area (Å²) >= 11 is 11.8. The van der Waals surface area contributed by atoms with Gasteiger partial charge in [-0.3, -0.25) is 0 Å². The lowest BCUT2D eigenvalue weighted by Gasteiger charge is -2.25. The highest BCUT2D eigenvalue weighted by Gasteiger charge is 2.30. The standard InChI is InChI=1S/C13H14Cl2N2/c14-11-5-10(7-17-13(11)15)9-4-8-2-1-3-16-12(8)6-9/h4-5,7-8,12,16H,1-3,6H2/t8-,12+/m1/s1. The molecule has 2 nitrogen and oxygen atoms in total. The molecule has 0 aromatic carbocycles. The number of piperidine rings is 1. The fraction of sp³-hybridized carbons (Fsp3) is 0.462. The van der Waals surface area contributed by atoms with E-state index in [2.05, 4.69) is 16.4 Å². The molecule has 1 fully saturated rings. The Labute approximate surface area is 111 Å². The summed E-state index contributed by atoms with van der Waals surface area (Å²) in [5.74, 6) is 0.674. The van der Waals surface area contributed by atoms with Gasteiger partial charge in [-0.1, -0.05) is 29.3 Å². The fourth-order valence-electron chi connectivity index (χ4n) is 2.78. The molecule has 1 aliphatic heterocycles. The lowest BCUT2D eigenvalue weighted by molar-refractivity contribution is 0.348. The molecule has 0 unspecified atom stereocenters. The average Bonchev–Trinajstić information content (AvgIpc) is 2.76. The van der Waals surface area contributed by atoms with E-state index in [9.17, 15) is 0 Å². The number of rotatable bonds is 1. The van der Waals surface area contributed by atoms with Gasteiger partial charge in [0, 0.05) is 12.2 Å². The van der Waals surface area contributed by atoms with E-state index in [0.29, 0.717) is 22.1 Å². The molecule has 3 rings (SSSR count). The Morgan fingerprint density at radius 2 is 2.24 bits per heavy atom. The van der Waals surface area contributed by atoms with Gasteiger partial charge < -0.3 is 5.32 Å². The molecular weight excluding hydrogens is 255 g/mol. The predicted octanol–water partition coefficient (Wildman–Crippen LogP) is 3.54. The number of fused-ring (bicyclic) bond motifs is 1. The maximum absolute atomic E-state index is 6.01. The minimum Gasteiger partial charge on any atom is -0.313 e. The van der Waals surface area contributed by atoms with Crippen molar-refractivity contribution in [2.24, 2.45) is 5.92 Å². The summed E-state index contributed by atoms with van der Waals surface area (Å²) in [6, 6.07) is 2.52. The Hall–Kier alpha value is -0.570. The van der Waals surface area contributed by atoms with Gasteiger partial charge in [-0.15, -0.1) is 0 Å². The van der Waals surface area contributed by atoms with Gasteiger partial charge in [-0.05, 0) is 48.9 Å². The van der Waals surface area contributed by atoms with E-state index in [0.717, 1.165) is 18.5 Å². The van der Waals surface area contributed by atoms with Crippen molar-refractivity contribution in [3.63, 3.8) is 0 Å². The molecule has 1 N–H and O–H groups in total. The first kappa shape index (κ1) is 11.5. The van der Waals surface area contributed by atoms with Crippen molar-refractivity contribution < 1.29 is 0 Å². The lowest BCUT2D eigenvalue weighted by atomic mass is 9.94. The van der Waals surface area contributed by atoms with Gasteiger partial charge in [0.05, 0.1) is 5.02 Å². The van der Waals surface area contributed by atoms with Crippen LogP contribution in [0.5, 0.6) is 0 Å². The zero-order valence-corrected chi connectivity index (χ0v) is 10.9. The number of hydrogen-bond acceptors (Lipinski definition) is 2. The van der Waals surface area contributed by atoms with E-state index in [1.54, 1.807) is 0 Å². The highest BCUT2D eigenvalue weighted by atomic mass is 35.5. The molecule has 1 aromatic heterocycles. The summed E-state index contributed by atoms with van der Waals surface area (Å²) < 4.78 is 0. The summed E-state index contributed by atoms with van der Waals surface area (Å²) in [7, 11) is 0. The van der Waals surface area contributed by atoms with Crippen LogP contribution in [0.15, 0.2) is 18.3 Å². The number of nitrogens with zero attached hydrogens (tertiary/aromatic N) is 1. The van der Waals surface area contributed by atoms with Crippen LogP contribution in [0.4, 0.5) is 0 Å². The van der Waals surface area contributed by atoms with Crippen LogP contribution in [-0.4, -0.2) is 17.6 Å². The van der Waals surface area contributed by atoms with Crippen LogP contribution in [0.25, 0.3) is 5.57 Å². The van der Waals surface area contributed by atoms with Crippen molar-refractivity contribution >= 4 is 28.8 Å². The van der Waals surface area contributed by atoms with Crippen LogP contribution < -0.4 is 5.32 Å². The zero-order valence-electron chi connectivity index (χ0n) is 9.42. The van der Waals surface area contributed by atoms with Crippen LogP contribution in [0.3, 0.4) is 0 Å². The number of aromatic nitrogens is 1. The van der Waals surface area contributed by atoms with Crippen molar-refractivity contribution in [2.75, 3.05) is 6.54 Å². The first-order chi connectivity index (χ1) is 8.24. The molecule has 1 aromatic rings. The van der Waals surface area contributed by atoms with Crippen molar-refractivity contribution in [1.82, 2.24) is 10.3 Å². The topological polar surface area (TPSA) is 24.9 Å². The molecule has 0 spiro atoms. The normalized spacial score (nSPS) is 27.8. The molecule has 0 amide bonds. The number of nitrogens with one attached hydrogen (secondary N) is 1. The van der Waals surface area contributed by atoms with Gasteiger partial charge in [0.25, 0.3) is 0 Å². The number of hydrogen-bond donors (Lipinski definition) is 1. The van der Waals surface area contributed by atoms with Crippen molar-refractivity contribution in [2.45, 2.75) is 25.3 Å². The predicted molar refractivity (Wildman–Crippen MR) is 71.4 cm³/mol. The van der Waals surface area contributed by atoms with Crippen molar-refractivity contribution in [3.05, 3.63) is 34.1 Å². The third-order valence-electron chi connectivity index (χ3n) is 3.66. The Bertz CT molecular complexity index is 470. The Morgan fingerprint density at radius 3 is 3.00 bits per heavy atom. The number of halogens is 2. The van der Waals surface area contributed by atoms with E-state index < -0.39 is 0 Å². The Kier molecular flexibility index (Phi) is 3.12. The first-order valence-corrected chi connectivity index (χ1v) is 6.75. The second kappa shape index (κ2) is 4.60. The van der Waals surface area contributed by atoms with Crippen LogP contribution in [0.1, 0.15) is 24.8 Å². The summed E-state index contributed by atoms with van der Waals surface area (Å²) in [5, 5.41) is 4.49. The maximum Gasteiger partial charge on any atom is 0.147 e. The van der Waals surface area contributed by atoms with E-state index in [4.69, 9.17) is 23.2 Å². The first-order valence-electron chi connectivity index (χ1n) is 5.99. The van der Waals surface area contributed by atoms with Gasteiger partial charge in [0.2, 0.25) is 0 Å². The third kappa shape index (κ3) is 2.22. The van der Waals surface area contributed by atoms with Gasteiger partial charge in [0.15, 0.2) is 0 Å². The highest BCUT2D eigenvalue weighted by Crippen LogP contribution is 2.36. The Balaban J connectivity index is 1.87. The van der Waals surface area contributed by atoms with Crippen LogP contribution in [0, 0.1) is 5.92 Å². The summed E-state index contributed by atoms with van der Waals surface area (Å²) in [6.45, 7) is 1.14. The minimum atomic E-state index is 0.379. The quantitative estimate of drug-likeness (QED) is 0.789. The van der Waals surface area contributed by atoms with Crippen LogP contribution in [-0.2, 0) is 0 Å². The summed E-state index contributed by atoms with van der Waals surface area (Å²) in [6.07, 6.45) is 7.82. The molecule has 2 atom stereocenters. The summed E-state index contributed by atoms with van der Waals surface area (Å²) in [5.41, 5.74) is 2.45. The van der Waals surface area contributed by atoms with Gasteiger partial charge in [-0.25, -0.2) is 4.98 Å². The molecule has 4 heteroatoms. The minimum absolute atomic E-state index is 0.379. The van der Waals surface area contributed by atoms with E-state index in [-0.39, 0.29) is 0 Å². The van der Waals surface area contributed by atoms with E-state index >= 15 is 0 Å². The second-order valence-electron chi connectivity index (χ2n) is 4.76. The fourth-order valence-corrected chi connectivity index (χ4v) is 3.04. The molecular formula is C13H14Cl2N2. The van der Waals surface area contributed by atoms with Gasteiger partial charge in [0.1, 0.15) is 5.15 Å². The smallest absolute Gasteiger partial charge is 0.147 e. The van der Waals surface area contributed by atoms with E-state index in [1.165, 1.54) is 18.4 Å². The largest absolute Gasteiger partial charge is 0.313 e. The number of pyridine rings is 1. The molecule has 1 aliphatic carbocycles. The van der Waals surface area contributed by atoms with E-state index in [1.807, 2.05) is 12.3 Å². The molecule has 17 heavy (non-hydrogen) atoms. The molecule has 2 aliphatic rings. The van der Waals surface area contributed by atoms with Crippen molar-refractivity contribution in [3.8, 4) is 0 Å². The SMILES string of the molecule is Clc1cc(C2=C[C@H]3CCCN[C@H]3C2)cnc1Cl. The van der Waals surface area contributed by atoms with Crippen LogP contribution in [0.2, 0.25) is 10.2 Å². The van der Waals surface area contributed by atoms with Gasteiger partial charge >= 0.3 is 0 Å². The Morgan fingerprint density at radius 1 is 1.35 bits per heavy atom. The average molecular weight is 269 g/mol. The second-order valence-corrected chi connectivity index (χ2v) is 5.52. The van der Waals surface area contributed by atoms with Crippen molar-refractivity contribution in [1.29, 1.82) is 0 Å². The zero-order chi connectivity index (χ0) is 11.8. The van der Waals surface area contributed by atoms with Crippen LogP contribution >= 0.6 is 23.2 Å². The summed E-state index contributed by atoms with van der Waals surface area (Å²) in [4.78, 5) is 4.11. The molecule has 1 saturated heterocycles. The lowest BCUT2D eigenvalue weighted by Crippen LogP contribution is -2.37. The molecule has 0 saturated carbocycles. The highest BCUT2D eigenvalue weighted by molar-refractivity contribution is 6.41. The molecule has 0 radical (unpaired) electrons. The molecule has 0 bridgehead atoms. The monoisotopic (exact) mass is 268 g/mol. The van der Waals surface area contributed by atoms with Gasteiger partial charge in [-0.2, -0.15) is 0 Å².